The quantitative estimate of drug-likeness (QED) is 0.788. The molecule has 0 bridgehead atoms. The Morgan fingerprint density at radius 1 is 1.21 bits per heavy atom. The highest BCUT2D eigenvalue weighted by molar-refractivity contribution is 5.89. The molecule has 1 amide bonds. The molecule has 0 spiro atoms. The maximum atomic E-state index is 12.2. The fourth-order valence-electron chi connectivity index (χ4n) is 3.68. The lowest BCUT2D eigenvalue weighted by atomic mass is 10.1. The molecule has 146 valence electrons. The van der Waals surface area contributed by atoms with Gasteiger partial charge < -0.3 is 23.7 Å². The van der Waals surface area contributed by atoms with Gasteiger partial charge in [-0.05, 0) is 12.1 Å². The molecule has 2 fully saturated rings. The predicted octanol–water partition coefficient (Wildman–Crippen LogP) is 1.53. The van der Waals surface area contributed by atoms with Crippen LogP contribution >= 0.6 is 0 Å². The van der Waals surface area contributed by atoms with Crippen molar-refractivity contribution in [2.24, 2.45) is 0 Å². The number of nitrogens with zero attached hydrogens (tertiary/aromatic N) is 5. The third-order valence-electron chi connectivity index (χ3n) is 5.28. The predicted molar refractivity (Wildman–Crippen MR) is 99.7 cm³/mol. The van der Waals surface area contributed by atoms with Crippen molar-refractivity contribution in [3.8, 4) is 0 Å². The molecule has 0 saturated carbocycles. The lowest BCUT2D eigenvalue weighted by Gasteiger charge is -2.37. The van der Waals surface area contributed by atoms with E-state index >= 15 is 0 Å². The third kappa shape index (κ3) is 3.11. The number of fused-ring (bicyclic) bond motifs is 1. The highest BCUT2D eigenvalue weighted by Gasteiger charge is 2.30. The molecule has 5 rings (SSSR count). The molecule has 2 saturated heterocycles. The molecular weight excluding hydrogens is 362 g/mol. The summed E-state index contributed by atoms with van der Waals surface area (Å²) in [6, 6.07) is 2.02. The molecule has 28 heavy (non-hydrogen) atoms. The first kappa shape index (κ1) is 17.2. The van der Waals surface area contributed by atoms with Crippen LogP contribution in [0.25, 0.3) is 11.6 Å². The molecule has 4 heterocycles. The third-order valence-corrected chi connectivity index (χ3v) is 5.28. The fourth-order valence-corrected chi connectivity index (χ4v) is 3.68. The number of aromatic nitrogens is 3. The van der Waals surface area contributed by atoms with Gasteiger partial charge >= 0.3 is 6.09 Å². The first-order valence-electron chi connectivity index (χ1n) is 9.44. The van der Waals surface area contributed by atoms with Crippen LogP contribution in [0.1, 0.15) is 23.0 Å². The average Bonchev–Trinajstić information content (AvgIpc) is 3.30. The van der Waals surface area contributed by atoms with Crippen LogP contribution in [-0.2, 0) is 15.9 Å². The Bertz CT molecular complexity index is 928. The Balaban J connectivity index is 1.29. The van der Waals surface area contributed by atoms with Gasteiger partial charge in [0.15, 0.2) is 6.10 Å². The summed E-state index contributed by atoms with van der Waals surface area (Å²) in [4.78, 5) is 20.8. The van der Waals surface area contributed by atoms with Gasteiger partial charge in [0, 0.05) is 62.5 Å². The summed E-state index contributed by atoms with van der Waals surface area (Å²) >= 11 is 0. The number of carbonyl (C=O) groups excluding carboxylic acids is 1. The molecule has 3 aliphatic rings. The Labute approximate surface area is 161 Å². The maximum absolute atomic E-state index is 12.2. The number of amides is 1. The molecule has 2 aromatic rings. The minimum atomic E-state index is -0.248. The van der Waals surface area contributed by atoms with Crippen LogP contribution in [0.5, 0.6) is 0 Å². The van der Waals surface area contributed by atoms with Crippen molar-refractivity contribution in [1.29, 1.82) is 0 Å². The van der Waals surface area contributed by atoms with Crippen molar-refractivity contribution in [3.63, 3.8) is 0 Å². The fraction of sp³-hybridized carbons (Fsp3) is 0.474. The monoisotopic (exact) mass is 383 g/mol. The zero-order valence-electron chi connectivity index (χ0n) is 15.6. The molecule has 2 aromatic heterocycles. The van der Waals surface area contributed by atoms with Gasteiger partial charge in [0.05, 0.1) is 18.9 Å². The molecule has 1 aliphatic carbocycles. The summed E-state index contributed by atoms with van der Waals surface area (Å²) in [6.07, 6.45) is 4.26. The molecule has 0 atom stereocenters. The first-order chi connectivity index (χ1) is 13.7. The largest absolute Gasteiger partial charge is 0.441 e. The van der Waals surface area contributed by atoms with Crippen LogP contribution in [0.3, 0.4) is 0 Å². The van der Waals surface area contributed by atoms with Crippen LogP contribution in [0.4, 0.5) is 10.5 Å². The van der Waals surface area contributed by atoms with Crippen molar-refractivity contribution in [3.05, 3.63) is 35.3 Å². The van der Waals surface area contributed by atoms with E-state index < -0.39 is 0 Å². The summed E-state index contributed by atoms with van der Waals surface area (Å²) in [5.41, 5.74) is 4.21. The summed E-state index contributed by atoms with van der Waals surface area (Å²) in [6.45, 7) is 5.54. The Morgan fingerprint density at radius 3 is 2.71 bits per heavy atom. The zero-order valence-corrected chi connectivity index (χ0v) is 15.6. The first-order valence-corrected chi connectivity index (χ1v) is 9.44. The van der Waals surface area contributed by atoms with E-state index in [4.69, 9.17) is 13.9 Å². The molecule has 0 N–H and O–H groups in total. The normalized spacial score (nSPS) is 19.2. The van der Waals surface area contributed by atoms with E-state index in [0.717, 1.165) is 35.6 Å². The van der Waals surface area contributed by atoms with E-state index in [1.54, 1.807) is 11.8 Å². The van der Waals surface area contributed by atoms with Crippen molar-refractivity contribution in [2.45, 2.75) is 19.4 Å². The van der Waals surface area contributed by atoms with Crippen LogP contribution < -0.4 is 4.90 Å². The number of anilines is 1. The summed E-state index contributed by atoms with van der Waals surface area (Å²) in [7, 11) is 0. The average molecular weight is 383 g/mol. The topological polar surface area (TPSA) is 93.8 Å². The number of piperazine rings is 1. The van der Waals surface area contributed by atoms with Gasteiger partial charge in [-0.25, -0.2) is 4.79 Å². The molecular formula is C19H21N5O4. The Hall–Kier alpha value is -2.94. The minimum Gasteiger partial charge on any atom is -0.441 e. The standard InChI is InChI=1S/C19H21N5O4/c1-12-21-22-18(27-12)13-8-15-16(9-13)20-3-2-17(15)23-4-6-24(7-5-23)19(25)28-14-10-26-11-14/h2-3,8,14H,4-7,9-11H2,1H3. The van der Waals surface area contributed by atoms with E-state index in [1.807, 2.05) is 12.3 Å². The summed E-state index contributed by atoms with van der Waals surface area (Å²) < 4.78 is 16.0. The van der Waals surface area contributed by atoms with Gasteiger partial charge in [0.2, 0.25) is 11.8 Å². The second-order valence-electron chi connectivity index (χ2n) is 7.18. The molecule has 2 aliphatic heterocycles. The van der Waals surface area contributed by atoms with Crippen molar-refractivity contribution in [2.75, 3.05) is 44.3 Å². The minimum absolute atomic E-state index is 0.0918. The van der Waals surface area contributed by atoms with E-state index in [1.165, 1.54) is 0 Å². The number of carbonyl (C=O) groups is 1. The van der Waals surface area contributed by atoms with Gasteiger partial charge in [0.1, 0.15) is 0 Å². The molecule has 9 nitrogen and oxygen atoms in total. The zero-order chi connectivity index (χ0) is 19.1. The van der Waals surface area contributed by atoms with Crippen LogP contribution in [-0.4, -0.2) is 71.7 Å². The Morgan fingerprint density at radius 2 is 2.04 bits per heavy atom. The lowest BCUT2D eigenvalue weighted by Crippen LogP contribution is -2.51. The van der Waals surface area contributed by atoms with Gasteiger partial charge in [-0.1, -0.05) is 0 Å². The summed E-state index contributed by atoms with van der Waals surface area (Å²) in [5.74, 6) is 1.10. The van der Waals surface area contributed by atoms with Gasteiger partial charge in [-0.3, -0.25) is 4.98 Å². The molecule has 0 radical (unpaired) electrons. The highest BCUT2D eigenvalue weighted by Crippen LogP contribution is 2.35. The van der Waals surface area contributed by atoms with E-state index in [2.05, 4.69) is 26.2 Å². The second-order valence-corrected chi connectivity index (χ2v) is 7.18. The highest BCUT2D eigenvalue weighted by atomic mass is 16.6. The molecule has 0 aromatic carbocycles. The Kier molecular flexibility index (Phi) is 4.23. The molecule has 0 unspecified atom stereocenters. The van der Waals surface area contributed by atoms with Gasteiger partial charge in [-0.15, -0.1) is 10.2 Å². The van der Waals surface area contributed by atoms with Crippen LogP contribution in [0.2, 0.25) is 0 Å². The molecule has 9 heteroatoms. The van der Waals surface area contributed by atoms with Crippen LogP contribution in [0, 0.1) is 6.92 Å². The number of pyridine rings is 1. The van der Waals surface area contributed by atoms with Crippen molar-refractivity contribution in [1.82, 2.24) is 20.1 Å². The van der Waals surface area contributed by atoms with Crippen LogP contribution in [0.15, 0.2) is 16.7 Å². The number of hydrogen-bond donors (Lipinski definition) is 0. The van der Waals surface area contributed by atoms with E-state index in [-0.39, 0.29) is 12.2 Å². The van der Waals surface area contributed by atoms with Gasteiger partial charge in [-0.2, -0.15) is 0 Å². The number of aryl methyl sites for hydroxylation is 1. The maximum Gasteiger partial charge on any atom is 0.410 e. The van der Waals surface area contributed by atoms with Gasteiger partial charge in [0.25, 0.3) is 0 Å². The SMILES string of the molecule is Cc1nnc(C2=Cc3c(N4CCN(C(=O)OC5COC5)CC4)ccnc3C2)o1. The van der Waals surface area contributed by atoms with Crippen molar-refractivity contribution >= 4 is 23.4 Å². The second kappa shape index (κ2) is 6.90. The van der Waals surface area contributed by atoms with E-state index in [9.17, 15) is 4.79 Å². The number of ether oxygens (including phenoxy) is 2. The van der Waals surface area contributed by atoms with E-state index in [0.29, 0.717) is 44.5 Å². The number of rotatable bonds is 3. The smallest absolute Gasteiger partial charge is 0.410 e. The number of hydrogen-bond acceptors (Lipinski definition) is 8. The lowest BCUT2D eigenvalue weighted by molar-refractivity contribution is -0.104. The number of allylic oxidation sites excluding steroid dienone is 1. The van der Waals surface area contributed by atoms with Crippen molar-refractivity contribution < 1.29 is 18.7 Å². The summed E-state index contributed by atoms with van der Waals surface area (Å²) in [5, 5.41) is 8.04.